The summed E-state index contributed by atoms with van der Waals surface area (Å²) in [6.07, 6.45) is 2.88. The summed E-state index contributed by atoms with van der Waals surface area (Å²) in [6, 6.07) is 0.597. The molecular formula is C20H32N2O5. The van der Waals surface area contributed by atoms with Gasteiger partial charge in [-0.2, -0.15) is 0 Å². The predicted molar refractivity (Wildman–Crippen MR) is 98.4 cm³/mol. The molecule has 2 unspecified atom stereocenters. The Morgan fingerprint density at radius 3 is 1.41 bits per heavy atom. The minimum Gasteiger partial charge on any atom is -0.481 e. The van der Waals surface area contributed by atoms with Crippen LogP contribution in [0.25, 0.3) is 0 Å². The van der Waals surface area contributed by atoms with Gasteiger partial charge in [0.15, 0.2) is 0 Å². The maximum absolute atomic E-state index is 12.1. The zero-order chi connectivity index (χ0) is 19.6. The molecular weight excluding hydrogens is 348 g/mol. The largest absolute Gasteiger partial charge is 0.481 e. The van der Waals surface area contributed by atoms with Crippen molar-refractivity contribution in [2.45, 2.75) is 75.9 Å². The number of ether oxygens (including phenoxy) is 1. The molecule has 2 N–H and O–H groups in total. The van der Waals surface area contributed by atoms with Crippen LogP contribution in [0.15, 0.2) is 0 Å². The monoisotopic (exact) mass is 380 g/mol. The minimum atomic E-state index is -0.820. The van der Waals surface area contributed by atoms with Crippen molar-refractivity contribution < 1.29 is 24.5 Å². The molecule has 0 saturated carbocycles. The number of carboxylic acids is 2. The van der Waals surface area contributed by atoms with Crippen molar-refractivity contribution in [2.75, 3.05) is 14.1 Å². The van der Waals surface area contributed by atoms with Crippen molar-refractivity contribution in [3.63, 3.8) is 0 Å². The van der Waals surface area contributed by atoms with Crippen molar-refractivity contribution in [2.24, 2.45) is 23.7 Å². The zero-order valence-corrected chi connectivity index (χ0v) is 16.6. The van der Waals surface area contributed by atoms with Gasteiger partial charge in [0.25, 0.3) is 0 Å². The van der Waals surface area contributed by atoms with Crippen LogP contribution in [0.3, 0.4) is 0 Å². The van der Waals surface area contributed by atoms with E-state index in [9.17, 15) is 19.8 Å². The maximum atomic E-state index is 12.1. The van der Waals surface area contributed by atoms with E-state index in [2.05, 4.69) is 23.6 Å². The number of carbonyl (C=O) groups is 2. The first-order valence-corrected chi connectivity index (χ1v) is 10.3. The highest BCUT2D eigenvalue weighted by Crippen LogP contribution is 2.47. The highest BCUT2D eigenvalue weighted by atomic mass is 16.5. The third kappa shape index (κ3) is 2.73. The van der Waals surface area contributed by atoms with Crippen molar-refractivity contribution in [3.8, 4) is 0 Å². The Kier molecular flexibility index (Phi) is 4.76. The first kappa shape index (κ1) is 19.2. The fourth-order valence-corrected chi connectivity index (χ4v) is 6.86. The Labute approximate surface area is 160 Å². The molecule has 0 amide bonds. The highest BCUT2D eigenvalue weighted by Gasteiger charge is 2.58. The number of fused-ring (bicyclic) bond motifs is 4. The van der Waals surface area contributed by atoms with Gasteiger partial charge >= 0.3 is 11.9 Å². The predicted octanol–water partition coefficient (Wildman–Crippen LogP) is 1.37. The number of rotatable bonds is 4. The van der Waals surface area contributed by atoms with Gasteiger partial charge in [0, 0.05) is 24.2 Å². The summed E-state index contributed by atoms with van der Waals surface area (Å²) >= 11 is 0. The molecule has 0 aromatic rings. The fourth-order valence-electron chi connectivity index (χ4n) is 6.86. The molecule has 10 atom stereocenters. The molecule has 4 bridgehead atoms. The van der Waals surface area contributed by atoms with Crippen LogP contribution in [-0.4, -0.2) is 82.4 Å². The molecule has 4 aliphatic rings. The fraction of sp³-hybridized carbons (Fsp3) is 0.900. The number of nitrogens with zero attached hydrogens (tertiary/aromatic N) is 2. The molecule has 4 heterocycles. The molecule has 4 saturated heterocycles. The van der Waals surface area contributed by atoms with Crippen LogP contribution in [-0.2, 0) is 14.3 Å². The van der Waals surface area contributed by atoms with E-state index in [0.29, 0.717) is 12.1 Å². The SMILES string of the molecule is CC1[C@H](O[C@H]2C(C)[C@@H]3CC[C@H]([C@H]2C(=O)O)N3C)[C@H](C(=O)O)[C@H]2CC[C@@H]1N2C. The standard InChI is InChI=1S/C20H32N2O5/c1-9-11-5-7-13(21(11)3)15(19(23)24)17(9)27-18-10(2)12-6-8-14(22(12)4)16(18)20(25)26/h9-18H,5-8H2,1-4H3,(H,23,24)(H,25,26)/t9?,10?,11-,12-,13+,14+,15+,16+,17-,18-/m0/s1. The third-order valence-electron chi connectivity index (χ3n) is 8.28. The van der Waals surface area contributed by atoms with Crippen LogP contribution in [0.5, 0.6) is 0 Å². The summed E-state index contributed by atoms with van der Waals surface area (Å²) in [5.41, 5.74) is 0. The zero-order valence-electron chi connectivity index (χ0n) is 16.6. The summed E-state index contributed by atoms with van der Waals surface area (Å²) in [7, 11) is 4.03. The van der Waals surface area contributed by atoms with Crippen LogP contribution in [0.1, 0.15) is 39.5 Å². The quantitative estimate of drug-likeness (QED) is 0.761. The topological polar surface area (TPSA) is 90.3 Å². The molecule has 152 valence electrons. The van der Waals surface area contributed by atoms with Gasteiger partial charge in [-0.05, 0) is 51.6 Å². The Bertz CT molecular complexity index is 575. The van der Waals surface area contributed by atoms with Gasteiger partial charge in [-0.3, -0.25) is 19.4 Å². The Morgan fingerprint density at radius 1 is 0.741 bits per heavy atom. The summed E-state index contributed by atoms with van der Waals surface area (Å²) in [5, 5.41) is 19.9. The van der Waals surface area contributed by atoms with Crippen LogP contribution >= 0.6 is 0 Å². The van der Waals surface area contributed by atoms with Gasteiger partial charge in [0.05, 0.1) is 24.0 Å². The molecule has 0 spiro atoms. The van der Waals surface area contributed by atoms with Crippen LogP contribution in [0.4, 0.5) is 0 Å². The first-order chi connectivity index (χ1) is 12.7. The third-order valence-corrected chi connectivity index (χ3v) is 8.28. The normalized spacial score (nSPS) is 50.1. The molecule has 0 aromatic carbocycles. The number of aliphatic carboxylic acids is 2. The lowest BCUT2D eigenvalue weighted by Crippen LogP contribution is -2.62. The van der Waals surface area contributed by atoms with Crippen molar-refractivity contribution in [1.29, 1.82) is 0 Å². The number of hydrogen-bond acceptors (Lipinski definition) is 5. The average molecular weight is 380 g/mol. The second-order valence-electron chi connectivity index (χ2n) is 9.27. The van der Waals surface area contributed by atoms with Gasteiger partial charge in [-0.15, -0.1) is 0 Å². The van der Waals surface area contributed by atoms with Gasteiger partial charge < -0.3 is 14.9 Å². The lowest BCUT2D eigenvalue weighted by atomic mass is 9.78. The van der Waals surface area contributed by atoms with Crippen molar-refractivity contribution >= 4 is 11.9 Å². The van der Waals surface area contributed by atoms with Gasteiger partial charge in [-0.1, -0.05) is 13.8 Å². The van der Waals surface area contributed by atoms with Crippen molar-refractivity contribution in [3.05, 3.63) is 0 Å². The summed E-state index contributed by atoms with van der Waals surface area (Å²) in [6.45, 7) is 4.15. The summed E-state index contributed by atoms with van der Waals surface area (Å²) in [4.78, 5) is 28.7. The molecule has 0 radical (unpaired) electrons. The lowest BCUT2D eigenvalue weighted by Gasteiger charge is -2.50. The van der Waals surface area contributed by atoms with Crippen LogP contribution in [0.2, 0.25) is 0 Å². The van der Waals surface area contributed by atoms with Gasteiger partial charge in [-0.25, -0.2) is 0 Å². The van der Waals surface area contributed by atoms with Gasteiger partial charge in [0.2, 0.25) is 0 Å². The average Bonchev–Trinajstić information content (AvgIpc) is 3.05. The number of hydrogen-bond donors (Lipinski definition) is 2. The Balaban J connectivity index is 1.65. The van der Waals surface area contributed by atoms with E-state index in [1.165, 1.54) is 0 Å². The van der Waals surface area contributed by atoms with E-state index in [-0.39, 0.29) is 23.9 Å². The summed E-state index contributed by atoms with van der Waals surface area (Å²) < 4.78 is 6.55. The molecule has 4 aliphatic heterocycles. The Morgan fingerprint density at radius 2 is 1.07 bits per heavy atom. The van der Waals surface area contributed by atoms with E-state index in [1.54, 1.807) is 0 Å². The highest BCUT2D eigenvalue weighted by molar-refractivity contribution is 5.73. The maximum Gasteiger partial charge on any atom is 0.310 e. The van der Waals surface area contributed by atoms with Crippen molar-refractivity contribution in [1.82, 2.24) is 9.80 Å². The first-order valence-electron chi connectivity index (χ1n) is 10.3. The lowest BCUT2D eigenvalue weighted by molar-refractivity contribution is -0.195. The van der Waals surface area contributed by atoms with E-state index in [0.717, 1.165) is 25.7 Å². The molecule has 4 fully saturated rings. The van der Waals surface area contributed by atoms with E-state index in [4.69, 9.17) is 4.74 Å². The molecule has 27 heavy (non-hydrogen) atoms. The number of carboxylic acid groups (broad SMARTS) is 2. The van der Waals surface area contributed by atoms with E-state index < -0.39 is 36.0 Å². The second kappa shape index (κ2) is 6.71. The second-order valence-corrected chi connectivity index (χ2v) is 9.27. The molecule has 7 nitrogen and oxygen atoms in total. The Hall–Kier alpha value is -1.18. The van der Waals surface area contributed by atoms with Crippen LogP contribution in [0, 0.1) is 23.7 Å². The number of piperidine rings is 2. The summed E-state index contributed by atoms with van der Waals surface area (Å²) in [5.74, 6) is -2.67. The molecule has 4 rings (SSSR count). The molecule has 0 aromatic heterocycles. The molecule has 0 aliphatic carbocycles. The van der Waals surface area contributed by atoms with Gasteiger partial charge in [0.1, 0.15) is 0 Å². The van der Waals surface area contributed by atoms with E-state index >= 15 is 0 Å². The van der Waals surface area contributed by atoms with Crippen LogP contribution < -0.4 is 0 Å². The molecule has 7 heteroatoms. The smallest absolute Gasteiger partial charge is 0.310 e. The van der Waals surface area contributed by atoms with E-state index in [1.807, 2.05) is 14.1 Å². The minimum absolute atomic E-state index is 0.0183.